The first-order valence-corrected chi connectivity index (χ1v) is 22.1. The van der Waals surface area contributed by atoms with Crippen LogP contribution in [0.4, 0.5) is 0 Å². The number of pyridine rings is 2. The molecule has 0 aliphatic carbocycles. The molecule has 6 heteroatoms. The maximum absolute atomic E-state index is 8.92. The summed E-state index contributed by atoms with van der Waals surface area (Å²) >= 11 is 0. The van der Waals surface area contributed by atoms with Crippen LogP contribution >= 0.6 is 0 Å². The SMILES string of the molecule is CC(C)C(C)c1cc(-c2[c-]cc(C#N)cc2)ncc1[Si](C)(C)C.Cc1cnc(-c2[c-]ccc3c2oc2c(C)cc(-c4ccccc4)cc23)cc1C(C)C.[Ir]. The van der Waals surface area contributed by atoms with E-state index in [1.54, 1.807) is 6.07 Å². The van der Waals surface area contributed by atoms with Crippen molar-refractivity contribution >= 4 is 35.2 Å². The van der Waals surface area contributed by atoms with Crippen LogP contribution in [-0.4, -0.2) is 18.0 Å². The van der Waals surface area contributed by atoms with Gasteiger partial charge in [-0.3, -0.25) is 0 Å². The molecule has 7 rings (SSSR count). The quantitative estimate of drug-likeness (QED) is 0.118. The molecular weight excluding hydrogens is 855 g/mol. The number of fused-ring (bicyclic) bond motifs is 3. The molecule has 0 fully saturated rings. The van der Waals surface area contributed by atoms with Gasteiger partial charge in [-0.15, -0.1) is 48.0 Å². The number of hydrogen-bond donors (Lipinski definition) is 0. The Morgan fingerprint density at radius 1 is 0.722 bits per heavy atom. The molecule has 3 heterocycles. The van der Waals surface area contributed by atoms with E-state index in [4.69, 9.17) is 19.6 Å². The summed E-state index contributed by atoms with van der Waals surface area (Å²) in [6, 6.07) is 37.6. The van der Waals surface area contributed by atoms with Crippen LogP contribution in [0, 0.1) is 43.2 Å². The third kappa shape index (κ3) is 8.50. The maximum Gasteiger partial charge on any atom is 0.123 e. The zero-order chi connectivity index (χ0) is 38.0. The minimum absolute atomic E-state index is 0. The van der Waals surface area contributed by atoms with Gasteiger partial charge in [0, 0.05) is 44.0 Å². The van der Waals surface area contributed by atoms with E-state index >= 15 is 0 Å². The van der Waals surface area contributed by atoms with E-state index in [0.29, 0.717) is 23.3 Å². The Morgan fingerprint density at radius 2 is 1.43 bits per heavy atom. The van der Waals surface area contributed by atoms with Crippen molar-refractivity contribution in [3.05, 3.63) is 137 Å². The summed E-state index contributed by atoms with van der Waals surface area (Å²) in [5.74, 6) is 1.53. The molecular formula is C48H49IrN3OSi-2. The van der Waals surface area contributed by atoms with E-state index in [0.717, 1.165) is 50.0 Å². The summed E-state index contributed by atoms with van der Waals surface area (Å²) in [5, 5.41) is 12.6. The normalized spacial score (nSPS) is 12.0. The molecule has 7 aromatic rings. The number of furan rings is 1. The van der Waals surface area contributed by atoms with Gasteiger partial charge in [0.2, 0.25) is 0 Å². The van der Waals surface area contributed by atoms with Gasteiger partial charge in [-0.25, -0.2) is 5.26 Å². The Kier molecular flexibility index (Phi) is 12.6. The van der Waals surface area contributed by atoms with Gasteiger partial charge >= 0.3 is 0 Å². The Hall–Kier alpha value is -4.66. The maximum atomic E-state index is 8.92. The average molecular weight is 904 g/mol. The van der Waals surface area contributed by atoms with Crippen molar-refractivity contribution in [3.63, 3.8) is 0 Å². The molecule has 0 saturated carbocycles. The minimum Gasteiger partial charge on any atom is -0.500 e. The fourth-order valence-corrected chi connectivity index (χ4v) is 8.55. The molecule has 0 aliphatic rings. The largest absolute Gasteiger partial charge is 0.500 e. The van der Waals surface area contributed by atoms with Crippen LogP contribution in [0.25, 0.3) is 55.6 Å². The monoisotopic (exact) mass is 904 g/mol. The zero-order valence-electron chi connectivity index (χ0n) is 33.1. The predicted octanol–water partition coefficient (Wildman–Crippen LogP) is 12.6. The van der Waals surface area contributed by atoms with Crippen LogP contribution in [-0.2, 0) is 20.1 Å². The number of rotatable bonds is 7. The third-order valence-corrected chi connectivity index (χ3v) is 12.3. The number of hydrogen-bond acceptors (Lipinski definition) is 4. The molecule has 3 aromatic heterocycles. The standard InChI is InChI=1S/C28H24NO.C20H25N2Si.Ir/c1-17(2)24-15-26(29-16-19(24)4)23-12-8-11-22-25-14-21(20-9-6-5-7-10-20)13-18(3)27(25)30-28(22)23;1-14(2)15(3)18-11-19(22-13-20(18)23(4,5)6)17-9-7-16(12-21)8-10-17;/h5-11,13-17H,1-4H3;7-9,11,13-15H,1-6H3;/q2*-1;. The summed E-state index contributed by atoms with van der Waals surface area (Å²) in [6.07, 6.45) is 4.03. The number of benzene rings is 4. The Balaban J connectivity index is 0.000000212. The summed E-state index contributed by atoms with van der Waals surface area (Å²) < 4.78 is 6.42. The van der Waals surface area contributed by atoms with E-state index < -0.39 is 8.07 Å². The van der Waals surface area contributed by atoms with E-state index in [-0.39, 0.29) is 20.1 Å². The molecule has 54 heavy (non-hydrogen) atoms. The van der Waals surface area contributed by atoms with Crippen LogP contribution in [0.1, 0.15) is 74.3 Å². The fourth-order valence-electron chi connectivity index (χ4n) is 6.93. The molecule has 0 N–H and O–H groups in total. The molecule has 4 aromatic carbocycles. The Labute approximate surface area is 336 Å². The van der Waals surface area contributed by atoms with Crippen molar-refractivity contribution < 1.29 is 24.5 Å². The first kappa shape index (κ1) is 40.5. The van der Waals surface area contributed by atoms with Crippen molar-refractivity contribution in [2.75, 3.05) is 0 Å². The second-order valence-corrected chi connectivity index (χ2v) is 20.9. The molecule has 1 unspecified atom stereocenters. The van der Waals surface area contributed by atoms with E-state index in [1.165, 1.54) is 33.0 Å². The summed E-state index contributed by atoms with van der Waals surface area (Å²) in [4.78, 5) is 9.40. The van der Waals surface area contributed by atoms with Gasteiger partial charge in [0.1, 0.15) is 5.58 Å². The van der Waals surface area contributed by atoms with Crippen LogP contribution in [0.5, 0.6) is 0 Å². The van der Waals surface area contributed by atoms with Gasteiger partial charge in [0.05, 0.1) is 13.7 Å². The van der Waals surface area contributed by atoms with Gasteiger partial charge in [-0.2, -0.15) is 0 Å². The smallest absolute Gasteiger partial charge is 0.123 e. The molecule has 0 bridgehead atoms. The number of nitrogens with zero attached hydrogens (tertiary/aromatic N) is 3. The predicted molar refractivity (Wildman–Crippen MR) is 224 cm³/mol. The van der Waals surface area contributed by atoms with Crippen molar-refractivity contribution in [1.82, 2.24) is 9.97 Å². The van der Waals surface area contributed by atoms with E-state index in [9.17, 15) is 0 Å². The molecule has 0 saturated heterocycles. The van der Waals surface area contributed by atoms with E-state index in [2.05, 4.69) is 147 Å². The van der Waals surface area contributed by atoms with Gasteiger partial charge in [-0.05, 0) is 93.7 Å². The minimum atomic E-state index is -1.44. The van der Waals surface area contributed by atoms with Crippen LogP contribution in [0.2, 0.25) is 19.6 Å². The van der Waals surface area contributed by atoms with Crippen molar-refractivity contribution in [2.45, 2.75) is 79.9 Å². The Morgan fingerprint density at radius 3 is 2.06 bits per heavy atom. The van der Waals surface area contributed by atoms with Crippen molar-refractivity contribution in [1.29, 1.82) is 5.26 Å². The van der Waals surface area contributed by atoms with Crippen molar-refractivity contribution in [2.24, 2.45) is 5.92 Å². The van der Waals surface area contributed by atoms with Crippen LogP contribution in [0.3, 0.4) is 0 Å². The van der Waals surface area contributed by atoms with Crippen LogP contribution < -0.4 is 5.19 Å². The number of nitriles is 1. The van der Waals surface area contributed by atoms with Gasteiger partial charge in [0.25, 0.3) is 0 Å². The topological polar surface area (TPSA) is 62.7 Å². The second-order valence-electron chi connectivity index (χ2n) is 15.9. The molecule has 1 radical (unpaired) electrons. The average Bonchev–Trinajstić information content (AvgIpc) is 3.54. The van der Waals surface area contributed by atoms with Crippen molar-refractivity contribution in [3.8, 4) is 39.7 Å². The summed E-state index contributed by atoms with van der Waals surface area (Å²) in [7, 11) is -1.44. The number of aryl methyl sites for hydroxylation is 2. The van der Waals surface area contributed by atoms with Gasteiger partial charge in [0.15, 0.2) is 0 Å². The summed E-state index contributed by atoms with van der Waals surface area (Å²) in [5.41, 5.74) is 13.6. The van der Waals surface area contributed by atoms with E-state index in [1.807, 2.05) is 30.5 Å². The fraction of sp³-hybridized carbons (Fsp3) is 0.271. The van der Waals surface area contributed by atoms with Gasteiger partial charge in [-0.1, -0.05) is 113 Å². The molecule has 1 atom stereocenters. The first-order chi connectivity index (χ1) is 25.3. The molecule has 0 amide bonds. The molecule has 277 valence electrons. The third-order valence-electron chi connectivity index (χ3n) is 10.3. The van der Waals surface area contributed by atoms with Crippen LogP contribution in [0.15, 0.2) is 102 Å². The van der Waals surface area contributed by atoms with Gasteiger partial charge < -0.3 is 14.4 Å². The number of aromatic nitrogens is 2. The first-order valence-electron chi connectivity index (χ1n) is 18.6. The molecule has 0 aliphatic heterocycles. The second kappa shape index (κ2) is 16.8. The zero-order valence-corrected chi connectivity index (χ0v) is 36.4. The molecule has 4 nitrogen and oxygen atoms in total. The Bertz CT molecular complexity index is 2430. The molecule has 0 spiro atoms. The summed E-state index contributed by atoms with van der Waals surface area (Å²) in [6.45, 7) is 22.6.